The average molecular weight is 1190 g/mol. The topological polar surface area (TPSA) is 4.44 Å². The summed E-state index contributed by atoms with van der Waals surface area (Å²) in [7, 11) is -12.1. The van der Waals surface area contributed by atoms with E-state index in [2.05, 4.69) is 38.4 Å². The molecule has 0 aromatic heterocycles. The summed E-state index contributed by atoms with van der Waals surface area (Å²) in [6.07, 6.45) is -24.2. The molecule has 0 spiro atoms. The zero-order valence-electron chi connectivity index (χ0n) is 49.1. The molecule has 0 bridgehead atoms. The molecule has 0 saturated heterocycles. The van der Waals surface area contributed by atoms with Crippen LogP contribution in [-0.4, -0.2) is 101 Å². The number of quaternary nitrogens is 1. The minimum absolute atomic E-state index is 0.583. The molecule has 78 heavy (non-hydrogen) atoms. The van der Waals surface area contributed by atoms with Gasteiger partial charge in [-0.15, -0.1) is 0 Å². The minimum atomic E-state index is -6.04. The molecule has 0 radical (unpaired) electrons. The van der Waals surface area contributed by atoms with Gasteiger partial charge < -0.3 is 4.90 Å². The molecule has 22 heteroatoms. The van der Waals surface area contributed by atoms with Crippen LogP contribution in [0.4, 0.5) is 75.9 Å². The van der Waals surface area contributed by atoms with E-state index < -0.39 is 197 Å². The first-order valence-corrected chi connectivity index (χ1v) is 38.1. The number of alkyl halides is 12. The Bertz CT molecular complexity index is 2440. The first-order valence-electron chi connectivity index (χ1n) is 26.1. The van der Waals surface area contributed by atoms with E-state index in [9.17, 15) is 0 Å². The predicted octanol–water partition coefficient (Wildman–Crippen LogP) is 18.8. The maximum Gasteiger partial charge on any atom is 0.284 e. The third kappa shape index (κ3) is 11.0. The fourth-order valence-electron chi connectivity index (χ4n) is 10.8. The van der Waals surface area contributed by atoms with Gasteiger partial charge in [-0.05, 0) is 56.6 Å². The molecule has 0 saturated carbocycles. The predicted molar refractivity (Wildman–Crippen MR) is 298 cm³/mol. The second kappa shape index (κ2) is 20.7. The lowest BCUT2D eigenvalue weighted by atomic mass is 9.08. The van der Waals surface area contributed by atoms with Crippen molar-refractivity contribution in [3.63, 3.8) is 0 Å². The van der Waals surface area contributed by atoms with Crippen molar-refractivity contribution >= 4 is 44.1 Å². The van der Waals surface area contributed by atoms with Gasteiger partial charge in [0.25, 0.3) is 23.7 Å². The van der Waals surface area contributed by atoms with Crippen LogP contribution in [0.1, 0.15) is 83.1 Å². The van der Waals surface area contributed by atoms with Crippen LogP contribution >= 0.6 is 0 Å². The van der Waals surface area contributed by atoms with Gasteiger partial charge in [-0.3, -0.25) is 0 Å². The molecule has 440 valence electrons. The molecule has 0 amide bonds. The fourth-order valence-corrected chi connectivity index (χ4v) is 20.3. The first kappa shape index (κ1) is 67.4. The molecular weight excluding hydrogens is 1110 g/mol. The molecule has 1 N–H and O–H groups in total. The third-order valence-electron chi connectivity index (χ3n) is 19.1. The summed E-state index contributed by atoms with van der Waals surface area (Å²) in [6.45, 7) is 26.1. The van der Waals surface area contributed by atoms with E-state index in [1.165, 1.54) is 146 Å². The summed E-state index contributed by atoms with van der Waals surface area (Å²) in [5.41, 5.74) is -7.80. The SMILES string of the molecule is CC(C)(C)[Si](C)(C)C1=C(F)C(F)C([B-](C2=CC(F)(F)C([Si](C)(C)C(C)(C)C)=C(F)C2F)(C2=CC(F)(F)C([Si](C)(C)C(C)(C)C)=C(F)C2F)C2=CC(F)(F)C([Si](C)(C)C(C)(C)C)=C(F)C2F)=CC1(F)F.C[NH+](C)c1ccccc1. The van der Waals surface area contributed by atoms with Gasteiger partial charge in [0.15, 0.2) is 0 Å². The number of hydrogen-bond donors (Lipinski definition) is 1. The van der Waals surface area contributed by atoms with Crippen LogP contribution < -0.4 is 4.90 Å². The maximum absolute atomic E-state index is 17.9. The van der Waals surface area contributed by atoms with Gasteiger partial charge in [-0.25, -0.2) is 35.1 Å². The molecular formula is C56H80BF16NSi4. The van der Waals surface area contributed by atoms with Gasteiger partial charge in [0.2, 0.25) is 0 Å². The number of rotatable bonds is 9. The van der Waals surface area contributed by atoms with Crippen molar-refractivity contribution in [3.05, 3.63) is 121 Å². The number of allylic oxidation sites excluding steroid dienone is 16. The Morgan fingerprint density at radius 2 is 0.551 bits per heavy atom. The van der Waals surface area contributed by atoms with Crippen molar-refractivity contribution < 1.29 is 75.1 Å². The molecule has 4 atom stereocenters. The first-order chi connectivity index (χ1) is 34.4. The summed E-state index contributed by atoms with van der Waals surface area (Å²) in [6, 6.07) is 10.4. The molecule has 5 rings (SSSR count). The Morgan fingerprint density at radius 1 is 0.372 bits per heavy atom. The highest BCUT2D eigenvalue weighted by Crippen LogP contribution is 2.63. The van der Waals surface area contributed by atoms with E-state index in [4.69, 9.17) is 0 Å². The van der Waals surface area contributed by atoms with Gasteiger partial charge in [-0.1, -0.05) is 154 Å². The molecule has 1 aromatic rings. The molecule has 4 unspecified atom stereocenters. The number of nitrogens with one attached hydrogen (secondary N) is 1. The van der Waals surface area contributed by atoms with E-state index in [0.29, 0.717) is 0 Å². The number of benzene rings is 1. The van der Waals surface area contributed by atoms with Gasteiger partial charge in [-0.2, -0.15) is 57.0 Å². The van der Waals surface area contributed by atoms with Gasteiger partial charge in [0.05, 0.1) is 46.4 Å². The van der Waals surface area contributed by atoms with Crippen molar-refractivity contribution in [3.8, 4) is 0 Å². The maximum atomic E-state index is 17.9. The third-order valence-corrected chi connectivity index (χ3v) is 41.4. The van der Waals surface area contributed by atoms with E-state index in [1.54, 1.807) is 0 Å². The number of hydrogen-bond acceptors (Lipinski definition) is 0. The van der Waals surface area contributed by atoms with E-state index in [1.807, 2.05) is 6.07 Å². The highest BCUT2D eigenvalue weighted by atomic mass is 28.3. The van der Waals surface area contributed by atoms with Crippen molar-refractivity contribution in [2.45, 2.75) is 204 Å². The van der Waals surface area contributed by atoms with Crippen molar-refractivity contribution in [2.24, 2.45) is 0 Å². The van der Waals surface area contributed by atoms with Gasteiger partial charge in [0, 0.05) is 20.8 Å². The highest BCUT2D eigenvalue weighted by molar-refractivity contribution is 7.05. The molecule has 0 fully saturated rings. The monoisotopic (exact) mass is 1190 g/mol. The summed E-state index contributed by atoms with van der Waals surface area (Å²) >= 11 is 0. The number of halogens is 16. The van der Waals surface area contributed by atoms with Gasteiger partial charge in [0.1, 0.15) is 59.8 Å². The van der Waals surface area contributed by atoms with Crippen LogP contribution in [0.3, 0.4) is 0 Å². The van der Waals surface area contributed by atoms with E-state index in [-0.39, 0.29) is 0 Å². The fraction of sp³-hybridized carbons (Fsp3) is 0.607. The van der Waals surface area contributed by atoms with Crippen LogP contribution in [-0.2, 0) is 0 Å². The van der Waals surface area contributed by atoms with Crippen LogP contribution in [0.15, 0.2) is 121 Å². The van der Waals surface area contributed by atoms with Crippen LogP contribution in [0.2, 0.25) is 72.5 Å². The average Bonchev–Trinajstić information content (AvgIpc) is 3.22. The number of para-hydroxylation sites is 1. The molecule has 4 aliphatic carbocycles. The lowest BCUT2D eigenvalue weighted by Gasteiger charge is -2.58. The molecule has 1 aromatic carbocycles. The van der Waals surface area contributed by atoms with Gasteiger partial charge >= 0.3 is 0 Å². The second-order valence-corrected chi connectivity index (χ2v) is 49.1. The van der Waals surface area contributed by atoms with Crippen LogP contribution in [0, 0.1) is 0 Å². The Labute approximate surface area is 456 Å². The van der Waals surface area contributed by atoms with E-state index >= 15 is 70.2 Å². The summed E-state index contributed by atoms with van der Waals surface area (Å²) in [5, 5.41) is -11.3. The van der Waals surface area contributed by atoms with Crippen molar-refractivity contribution in [1.82, 2.24) is 0 Å². The minimum Gasteiger partial charge on any atom is -0.307 e. The summed E-state index contributed by atoms with van der Waals surface area (Å²) in [4.78, 5) is 1.37. The van der Waals surface area contributed by atoms with Crippen molar-refractivity contribution in [2.75, 3.05) is 14.1 Å². The zero-order valence-corrected chi connectivity index (χ0v) is 53.1. The Kier molecular flexibility index (Phi) is 17.9. The quantitative estimate of drug-likeness (QED) is 0.186. The highest BCUT2D eigenvalue weighted by Gasteiger charge is 2.65. The second-order valence-electron chi connectivity index (χ2n) is 28.1. The Hall–Kier alpha value is -3.09. The molecule has 4 aliphatic rings. The Balaban J connectivity index is 0.00000132. The Morgan fingerprint density at radius 3 is 0.692 bits per heavy atom. The lowest BCUT2D eigenvalue weighted by molar-refractivity contribution is -0.786. The zero-order chi connectivity index (χ0) is 61.3. The summed E-state index contributed by atoms with van der Waals surface area (Å²) < 4.78 is 279. The smallest absolute Gasteiger partial charge is 0.284 e. The molecule has 1 nitrogen and oxygen atoms in total. The summed E-state index contributed by atoms with van der Waals surface area (Å²) in [5.74, 6) is -29.5. The van der Waals surface area contributed by atoms with Crippen molar-refractivity contribution in [1.29, 1.82) is 0 Å². The van der Waals surface area contributed by atoms with Crippen LogP contribution in [0.25, 0.3) is 0 Å². The normalized spacial score (nSPS) is 25.5. The molecule has 0 heterocycles. The van der Waals surface area contributed by atoms with Crippen LogP contribution in [0.5, 0.6) is 0 Å². The standard InChI is InChI=1S/C48H68BF16Si4.C8H11N/c1-41(2,3)66(13,14)37-33(54)29(50)25(21-45(37,58)59)49(26-22-46(60,61)38(34(55)30(26)51)67(15,16)42(4,5)6,27-23-47(62,63)39(35(56)31(27)52)68(17,18)43(7,8)9)28-24-48(64,65)40(36(57)32(28)53)69(19,20)44(10,11)12;1-9(2)8-6-4-3-5-7-8/h21-24,29-32H,1-20H3;3-7H,1-2H3/q-1;/p+1. The molecule has 0 aliphatic heterocycles. The lowest BCUT2D eigenvalue weighted by Crippen LogP contribution is -3.00. The largest absolute Gasteiger partial charge is 0.307 e. The van der Waals surface area contributed by atoms with E-state index in [0.717, 1.165) is 0 Å².